The Labute approximate surface area is 187 Å². The molecule has 0 aliphatic carbocycles. The van der Waals surface area contributed by atoms with Crippen LogP contribution < -0.4 is 4.74 Å². The molecule has 0 spiro atoms. The third-order valence-corrected chi connectivity index (χ3v) is 7.94. The number of benzene rings is 2. The summed E-state index contributed by atoms with van der Waals surface area (Å²) in [6, 6.07) is 13.5. The molecule has 2 aliphatic rings. The van der Waals surface area contributed by atoms with Gasteiger partial charge in [-0.2, -0.15) is 4.31 Å². The van der Waals surface area contributed by atoms with Gasteiger partial charge in [0.15, 0.2) is 0 Å². The van der Waals surface area contributed by atoms with Crippen molar-refractivity contribution in [3.8, 4) is 5.75 Å². The predicted molar refractivity (Wildman–Crippen MR) is 117 cm³/mol. The molecule has 2 aromatic rings. The molecule has 2 fully saturated rings. The van der Waals surface area contributed by atoms with Crippen LogP contribution in [0.4, 0.5) is 0 Å². The Kier molecular flexibility index (Phi) is 6.81. The van der Waals surface area contributed by atoms with E-state index in [0.717, 1.165) is 19.4 Å². The second-order valence-corrected chi connectivity index (χ2v) is 9.88. The molecule has 0 radical (unpaired) electrons. The molecule has 0 aromatic heterocycles. The SMILES string of the molecule is O=C(c1ccccc1OCC1CCCO1)N1CCN(S(=O)(=O)c2ccccc2Cl)CC1. The molecule has 31 heavy (non-hydrogen) atoms. The minimum absolute atomic E-state index is 0.0571. The lowest BCUT2D eigenvalue weighted by Gasteiger charge is -2.34. The number of hydrogen-bond donors (Lipinski definition) is 0. The highest BCUT2D eigenvalue weighted by Crippen LogP contribution is 2.26. The van der Waals surface area contributed by atoms with Gasteiger partial charge >= 0.3 is 0 Å². The maximum absolute atomic E-state index is 13.1. The molecule has 9 heteroatoms. The van der Waals surface area contributed by atoms with Crippen LogP contribution in [0.15, 0.2) is 53.4 Å². The van der Waals surface area contributed by atoms with Crippen LogP contribution in [-0.4, -0.2) is 69.0 Å². The second kappa shape index (κ2) is 9.56. The molecule has 2 saturated heterocycles. The lowest BCUT2D eigenvalue weighted by molar-refractivity contribution is 0.0632. The first kappa shape index (κ1) is 22.1. The fraction of sp³-hybridized carbons (Fsp3) is 0.409. The summed E-state index contributed by atoms with van der Waals surface area (Å²) in [5.74, 6) is 0.354. The van der Waals surface area contributed by atoms with Crippen molar-refractivity contribution in [2.75, 3.05) is 39.4 Å². The number of rotatable bonds is 6. The summed E-state index contributed by atoms with van der Waals surface area (Å²) < 4.78 is 38.7. The Morgan fingerprint density at radius 1 is 1.06 bits per heavy atom. The highest BCUT2D eigenvalue weighted by atomic mass is 35.5. The molecule has 2 aromatic carbocycles. The number of para-hydroxylation sites is 1. The van der Waals surface area contributed by atoms with Crippen molar-refractivity contribution in [1.82, 2.24) is 9.21 Å². The maximum atomic E-state index is 13.1. The Hall–Kier alpha value is -2.13. The lowest BCUT2D eigenvalue weighted by atomic mass is 10.1. The minimum Gasteiger partial charge on any atom is -0.490 e. The number of nitrogens with zero attached hydrogens (tertiary/aromatic N) is 2. The lowest BCUT2D eigenvalue weighted by Crippen LogP contribution is -2.50. The zero-order valence-electron chi connectivity index (χ0n) is 17.1. The fourth-order valence-electron chi connectivity index (χ4n) is 3.82. The molecular weight excluding hydrogens is 440 g/mol. The van der Waals surface area contributed by atoms with E-state index >= 15 is 0 Å². The van der Waals surface area contributed by atoms with Gasteiger partial charge in [-0.1, -0.05) is 35.9 Å². The van der Waals surface area contributed by atoms with Crippen LogP contribution in [0, 0.1) is 0 Å². The fourth-order valence-corrected chi connectivity index (χ4v) is 5.74. The van der Waals surface area contributed by atoms with Crippen molar-refractivity contribution in [2.45, 2.75) is 23.8 Å². The highest BCUT2D eigenvalue weighted by molar-refractivity contribution is 7.89. The molecule has 1 atom stereocenters. The van der Waals surface area contributed by atoms with E-state index < -0.39 is 10.0 Å². The minimum atomic E-state index is -3.71. The highest BCUT2D eigenvalue weighted by Gasteiger charge is 2.32. The zero-order chi connectivity index (χ0) is 21.8. The average Bonchev–Trinajstić information content (AvgIpc) is 3.31. The molecule has 2 aliphatic heterocycles. The number of sulfonamides is 1. The van der Waals surface area contributed by atoms with Gasteiger partial charge in [0.2, 0.25) is 10.0 Å². The molecular formula is C22H25ClN2O5S. The number of amides is 1. The molecule has 1 unspecified atom stereocenters. The van der Waals surface area contributed by atoms with Crippen molar-refractivity contribution in [3.05, 3.63) is 59.1 Å². The van der Waals surface area contributed by atoms with Gasteiger partial charge < -0.3 is 14.4 Å². The van der Waals surface area contributed by atoms with E-state index in [0.29, 0.717) is 31.0 Å². The molecule has 0 N–H and O–H groups in total. The van der Waals surface area contributed by atoms with Gasteiger partial charge in [-0.15, -0.1) is 0 Å². The summed E-state index contributed by atoms with van der Waals surface area (Å²) in [6.07, 6.45) is 2.04. The summed E-state index contributed by atoms with van der Waals surface area (Å²) >= 11 is 6.09. The summed E-state index contributed by atoms with van der Waals surface area (Å²) in [4.78, 5) is 14.9. The molecule has 0 bridgehead atoms. The Bertz CT molecular complexity index is 1030. The van der Waals surface area contributed by atoms with Gasteiger partial charge in [-0.05, 0) is 37.1 Å². The molecule has 166 valence electrons. The van der Waals surface area contributed by atoms with Crippen LogP contribution in [-0.2, 0) is 14.8 Å². The summed E-state index contributed by atoms with van der Waals surface area (Å²) in [5.41, 5.74) is 0.475. The first-order valence-corrected chi connectivity index (χ1v) is 12.2. The van der Waals surface area contributed by atoms with Crippen LogP contribution in [0.1, 0.15) is 23.2 Å². The summed E-state index contributed by atoms with van der Waals surface area (Å²) in [7, 11) is -3.71. The van der Waals surface area contributed by atoms with Crippen molar-refractivity contribution in [1.29, 1.82) is 0 Å². The van der Waals surface area contributed by atoms with Crippen molar-refractivity contribution >= 4 is 27.5 Å². The second-order valence-electron chi connectivity index (χ2n) is 7.57. The molecule has 4 rings (SSSR count). The Morgan fingerprint density at radius 3 is 2.48 bits per heavy atom. The summed E-state index contributed by atoms with van der Waals surface area (Å²) in [6.45, 7) is 2.16. The third-order valence-electron chi connectivity index (χ3n) is 5.55. The van der Waals surface area contributed by atoms with E-state index in [1.165, 1.54) is 10.4 Å². The summed E-state index contributed by atoms with van der Waals surface area (Å²) in [5, 5.41) is 0.193. The van der Waals surface area contributed by atoms with E-state index in [-0.39, 0.29) is 35.0 Å². The van der Waals surface area contributed by atoms with Crippen molar-refractivity contribution < 1.29 is 22.7 Å². The number of ether oxygens (including phenoxy) is 2. The van der Waals surface area contributed by atoms with Crippen LogP contribution in [0.3, 0.4) is 0 Å². The molecule has 0 saturated carbocycles. The topological polar surface area (TPSA) is 76.2 Å². The van der Waals surface area contributed by atoms with Gasteiger partial charge in [-0.3, -0.25) is 4.79 Å². The monoisotopic (exact) mass is 464 g/mol. The quantitative estimate of drug-likeness (QED) is 0.656. The number of halogens is 1. The Balaban J connectivity index is 1.41. The van der Waals surface area contributed by atoms with Crippen molar-refractivity contribution in [3.63, 3.8) is 0 Å². The van der Waals surface area contributed by atoms with Gasteiger partial charge in [-0.25, -0.2) is 8.42 Å². The van der Waals surface area contributed by atoms with Gasteiger partial charge in [0.1, 0.15) is 17.3 Å². The predicted octanol–water partition coefficient (Wildman–Crippen LogP) is 3.04. The smallest absolute Gasteiger partial charge is 0.257 e. The van der Waals surface area contributed by atoms with Gasteiger partial charge in [0, 0.05) is 32.8 Å². The van der Waals surface area contributed by atoms with E-state index in [9.17, 15) is 13.2 Å². The standard InChI is InChI=1S/C22H25ClN2O5S/c23-19-8-2-4-10-21(19)31(27,28)25-13-11-24(12-14-25)22(26)18-7-1-3-9-20(18)30-16-17-6-5-15-29-17/h1-4,7-10,17H,5-6,11-16H2. The van der Waals surface area contributed by atoms with Crippen LogP contribution in [0.25, 0.3) is 0 Å². The number of carbonyl (C=O) groups is 1. The van der Waals surface area contributed by atoms with Crippen LogP contribution in [0.2, 0.25) is 5.02 Å². The Morgan fingerprint density at radius 2 is 1.77 bits per heavy atom. The number of hydrogen-bond acceptors (Lipinski definition) is 5. The average molecular weight is 465 g/mol. The van der Waals surface area contributed by atoms with Gasteiger partial charge in [0.25, 0.3) is 5.91 Å². The first-order chi connectivity index (χ1) is 15.0. The number of piperazine rings is 1. The van der Waals surface area contributed by atoms with E-state index in [1.54, 1.807) is 41.3 Å². The molecule has 1 amide bonds. The van der Waals surface area contributed by atoms with E-state index in [4.69, 9.17) is 21.1 Å². The maximum Gasteiger partial charge on any atom is 0.257 e. The molecule has 7 nitrogen and oxygen atoms in total. The van der Waals surface area contributed by atoms with E-state index in [1.807, 2.05) is 6.07 Å². The third kappa shape index (κ3) is 4.87. The van der Waals surface area contributed by atoms with Crippen LogP contribution in [0.5, 0.6) is 5.75 Å². The van der Waals surface area contributed by atoms with Crippen LogP contribution >= 0.6 is 11.6 Å². The zero-order valence-corrected chi connectivity index (χ0v) is 18.6. The normalized spacial score (nSPS) is 20.0. The van der Waals surface area contributed by atoms with Crippen molar-refractivity contribution in [2.24, 2.45) is 0 Å². The largest absolute Gasteiger partial charge is 0.490 e. The molecule has 2 heterocycles. The van der Waals surface area contributed by atoms with Gasteiger partial charge in [0.05, 0.1) is 16.7 Å². The van der Waals surface area contributed by atoms with E-state index in [2.05, 4.69) is 0 Å². The first-order valence-electron chi connectivity index (χ1n) is 10.3. The number of carbonyl (C=O) groups excluding carboxylic acids is 1.